The van der Waals surface area contributed by atoms with E-state index in [-0.39, 0.29) is 12.2 Å². The minimum atomic E-state index is -0.196. The zero-order valence-corrected chi connectivity index (χ0v) is 14.6. The van der Waals surface area contributed by atoms with E-state index in [4.69, 9.17) is 9.47 Å². The molecule has 25 heavy (non-hydrogen) atoms. The Kier molecular flexibility index (Phi) is 4.67. The van der Waals surface area contributed by atoms with Crippen LogP contribution in [0.5, 0.6) is 0 Å². The summed E-state index contributed by atoms with van der Waals surface area (Å²) in [6, 6.07) is 2.34. The maximum Gasteiger partial charge on any atom is 0.255 e. The lowest BCUT2D eigenvalue weighted by Gasteiger charge is -2.19. The predicted octanol–water partition coefficient (Wildman–Crippen LogP) is 2.38. The fourth-order valence-corrected chi connectivity index (χ4v) is 3.68. The van der Waals surface area contributed by atoms with Gasteiger partial charge in [-0.2, -0.15) is 0 Å². The van der Waals surface area contributed by atoms with Crippen molar-refractivity contribution in [2.75, 3.05) is 26.8 Å². The number of hydrogen-bond donors (Lipinski definition) is 0. The molecule has 4 rings (SSSR count). The van der Waals surface area contributed by atoms with Crippen LogP contribution in [0.25, 0.3) is 11.2 Å². The van der Waals surface area contributed by atoms with E-state index in [2.05, 4.69) is 14.5 Å². The van der Waals surface area contributed by atoms with Gasteiger partial charge in [0.2, 0.25) is 0 Å². The van der Waals surface area contributed by atoms with Crippen molar-refractivity contribution in [3.05, 3.63) is 24.2 Å². The number of pyridine rings is 1. The fraction of sp³-hybridized carbons (Fsp3) is 0.611. The quantitative estimate of drug-likeness (QED) is 0.833. The summed E-state index contributed by atoms with van der Waals surface area (Å²) in [5.74, 6) is -0.0530. The summed E-state index contributed by atoms with van der Waals surface area (Å²) >= 11 is 0. The standard InChI is InChI=1S/C18H24N4O3/c1-21(7-6-16-24-8-9-25-16)18(23)13-10-15-17(19-11-13)22(12-20-15)14-4-2-3-5-14/h10-12,14,16H,2-9H2,1H3. The molecule has 1 saturated carbocycles. The SMILES string of the molecule is CN(CCC1OCCO1)C(=O)c1cnc2c(c1)ncn2C1CCCC1. The van der Waals surface area contributed by atoms with Crippen LogP contribution in [-0.2, 0) is 9.47 Å². The lowest BCUT2D eigenvalue weighted by atomic mass is 10.2. The first-order chi connectivity index (χ1) is 12.2. The maximum absolute atomic E-state index is 12.6. The molecule has 1 amide bonds. The minimum Gasteiger partial charge on any atom is -0.350 e. The molecule has 0 aromatic carbocycles. The first-order valence-corrected chi connectivity index (χ1v) is 9.03. The molecule has 3 heterocycles. The third-order valence-corrected chi connectivity index (χ3v) is 5.12. The molecule has 0 radical (unpaired) electrons. The summed E-state index contributed by atoms with van der Waals surface area (Å²) in [7, 11) is 1.79. The highest BCUT2D eigenvalue weighted by molar-refractivity contribution is 5.96. The van der Waals surface area contributed by atoms with Crippen LogP contribution in [0.4, 0.5) is 0 Å². The second-order valence-corrected chi connectivity index (χ2v) is 6.84. The van der Waals surface area contributed by atoms with Crippen molar-refractivity contribution in [1.29, 1.82) is 0 Å². The monoisotopic (exact) mass is 344 g/mol. The van der Waals surface area contributed by atoms with Crippen molar-refractivity contribution in [3.63, 3.8) is 0 Å². The molecule has 0 atom stereocenters. The minimum absolute atomic E-state index is 0.0530. The van der Waals surface area contributed by atoms with Crippen LogP contribution in [0.2, 0.25) is 0 Å². The van der Waals surface area contributed by atoms with Gasteiger partial charge in [-0.05, 0) is 18.9 Å². The Bertz CT molecular complexity index is 748. The molecule has 2 fully saturated rings. The van der Waals surface area contributed by atoms with Gasteiger partial charge in [0.15, 0.2) is 11.9 Å². The Morgan fingerprint density at radius 1 is 1.28 bits per heavy atom. The molecule has 2 aromatic rings. The molecule has 7 nitrogen and oxygen atoms in total. The molecule has 0 bridgehead atoms. The van der Waals surface area contributed by atoms with Gasteiger partial charge < -0.3 is 18.9 Å². The molecule has 1 saturated heterocycles. The van der Waals surface area contributed by atoms with Gasteiger partial charge in [-0.3, -0.25) is 4.79 Å². The van der Waals surface area contributed by atoms with Gasteiger partial charge in [0, 0.05) is 32.3 Å². The third kappa shape index (κ3) is 3.39. The number of aromatic nitrogens is 3. The summed E-state index contributed by atoms with van der Waals surface area (Å²) in [5.41, 5.74) is 2.23. The van der Waals surface area contributed by atoms with E-state index >= 15 is 0 Å². The van der Waals surface area contributed by atoms with Crippen molar-refractivity contribution in [2.45, 2.75) is 44.4 Å². The highest BCUT2D eigenvalue weighted by atomic mass is 16.7. The van der Waals surface area contributed by atoms with Crippen LogP contribution in [0.1, 0.15) is 48.5 Å². The van der Waals surface area contributed by atoms with Crippen molar-refractivity contribution >= 4 is 17.1 Å². The Labute approximate surface area is 146 Å². The van der Waals surface area contributed by atoms with Crippen LogP contribution < -0.4 is 0 Å². The first-order valence-electron chi connectivity index (χ1n) is 9.03. The number of amides is 1. The topological polar surface area (TPSA) is 69.5 Å². The van der Waals surface area contributed by atoms with Crippen molar-refractivity contribution in [3.8, 4) is 0 Å². The lowest BCUT2D eigenvalue weighted by molar-refractivity contribution is -0.0494. The number of rotatable bonds is 5. The molecule has 2 aromatic heterocycles. The van der Waals surface area contributed by atoms with E-state index in [9.17, 15) is 4.79 Å². The molecule has 134 valence electrons. The van der Waals surface area contributed by atoms with Gasteiger partial charge in [-0.25, -0.2) is 9.97 Å². The largest absolute Gasteiger partial charge is 0.350 e. The van der Waals surface area contributed by atoms with Gasteiger partial charge in [0.25, 0.3) is 5.91 Å². The van der Waals surface area contributed by atoms with E-state index in [0.29, 0.717) is 37.8 Å². The first kappa shape index (κ1) is 16.5. The van der Waals surface area contributed by atoms with Gasteiger partial charge in [-0.15, -0.1) is 0 Å². The molecular formula is C18H24N4O3. The molecule has 1 aliphatic heterocycles. The van der Waals surface area contributed by atoms with E-state index in [0.717, 1.165) is 11.2 Å². The van der Waals surface area contributed by atoms with E-state index < -0.39 is 0 Å². The van der Waals surface area contributed by atoms with Crippen molar-refractivity contribution in [2.24, 2.45) is 0 Å². The maximum atomic E-state index is 12.6. The summed E-state index contributed by atoms with van der Waals surface area (Å²) in [6.45, 7) is 1.84. The van der Waals surface area contributed by atoms with Crippen LogP contribution in [0.3, 0.4) is 0 Å². The third-order valence-electron chi connectivity index (χ3n) is 5.12. The summed E-state index contributed by atoms with van der Waals surface area (Å²) in [5, 5.41) is 0. The van der Waals surface area contributed by atoms with Crippen LogP contribution >= 0.6 is 0 Å². The molecule has 2 aliphatic rings. The molecular weight excluding hydrogens is 320 g/mol. The zero-order chi connectivity index (χ0) is 17.2. The van der Waals surface area contributed by atoms with Gasteiger partial charge in [0.1, 0.15) is 5.52 Å². The van der Waals surface area contributed by atoms with Crippen LogP contribution in [0.15, 0.2) is 18.6 Å². The second-order valence-electron chi connectivity index (χ2n) is 6.84. The number of hydrogen-bond acceptors (Lipinski definition) is 5. The average Bonchev–Trinajstić information content (AvgIpc) is 3.39. The Morgan fingerprint density at radius 3 is 2.80 bits per heavy atom. The van der Waals surface area contributed by atoms with Gasteiger partial charge >= 0.3 is 0 Å². The number of ether oxygens (including phenoxy) is 2. The summed E-state index contributed by atoms with van der Waals surface area (Å²) in [6.07, 6.45) is 8.90. The number of nitrogens with zero attached hydrogens (tertiary/aromatic N) is 4. The Hall–Kier alpha value is -1.99. The number of carbonyl (C=O) groups excluding carboxylic acids is 1. The van der Waals surface area contributed by atoms with E-state index in [1.54, 1.807) is 18.1 Å². The van der Waals surface area contributed by atoms with E-state index in [1.165, 1.54) is 25.7 Å². The Morgan fingerprint density at radius 2 is 2.04 bits per heavy atom. The fourth-order valence-electron chi connectivity index (χ4n) is 3.68. The highest BCUT2D eigenvalue weighted by Crippen LogP contribution is 2.31. The number of fused-ring (bicyclic) bond motifs is 1. The smallest absolute Gasteiger partial charge is 0.255 e. The Balaban J connectivity index is 1.45. The molecule has 0 N–H and O–H groups in total. The summed E-state index contributed by atoms with van der Waals surface area (Å²) in [4.78, 5) is 23.3. The number of carbonyl (C=O) groups is 1. The van der Waals surface area contributed by atoms with Gasteiger partial charge in [0.05, 0.1) is 25.1 Å². The lowest BCUT2D eigenvalue weighted by Crippen LogP contribution is -2.30. The zero-order valence-electron chi connectivity index (χ0n) is 14.6. The second kappa shape index (κ2) is 7.09. The predicted molar refractivity (Wildman–Crippen MR) is 92.3 cm³/mol. The van der Waals surface area contributed by atoms with Crippen LogP contribution in [0, 0.1) is 0 Å². The highest BCUT2D eigenvalue weighted by Gasteiger charge is 2.22. The van der Waals surface area contributed by atoms with Crippen LogP contribution in [-0.4, -0.2) is 58.4 Å². The number of imidazole rings is 1. The molecule has 7 heteroatoms. The summed E-state index contributed by atoms with van der Waals surface area (Å²) < 4.78 is 13.0. The van der Waals surface area contributed by atoms with Gasteiger partial charge in [-0.1, -0.05) is 12.8 Å². The van der Waals surface area contributed by atoms with Crippen molar-refractivity contribution in [1.82, 2.24) is 19.4 Å². The molecule has 0 unspecified atom stereocenters. The average molecular weight is 344 g/mol. The van der Waals surface area contributed by atoms with Crippen molar-refractivity contribution < 1.29 is 14.3 Å². The molecule has 0 spiro atoms. The normalized spacial score (nSPS) is 19.1. The van der Waals surface area contributed by atoms with E-state index in [1.807, 2.05) is 12.4 Å². The molecule has 1 aliphatic carbocycles.